The van der Waals surface area contributed by atoms with Gasteiger partial charge in [0.1, 0.15) is 11.5 Å². The average Bonchev–Trinajstić information content (AvgIpc) is 2.30. The minimum absolute atomic E-state index is 0.119. The quantitative estimate of drug-likeness (QED) is 0.909. The van der Waals surface area contributed by atoms with E-state index in [4.69, 9.17) is 10.5 Å². The van der Waals surface area contributed by atoms with Gasteiger partial charge in [0.25, 0.3) is 0 Å². The maximum absolute atomic E-state index is 12.0. The fraction of sp³-hybridized carbons (Fsp3) is 0.462. The van der Waals surface area contributed by atoms with Crippen LogP contribution in [-0.4, -0.2) is 18.9 Å². The molecule has 0 radical (unpaired) electrons. The van der Waals surface area contributed by atoms with Gasteiger partial charge in [0.2, 0.25) is 0 Å². The van der Waals surface area contributed by atoms with Crippen LogP contribution in [0.5, 0.6) is 5.75 Å². The molecule has 0 aliphatic carbocycles. The summed E-state index contributed by atoms with van der Waals surface area (Å²) in [6.45, 7) is 3.71. The molecule has 0 spiro atoms. The van der Waals surface area contributed by atoms with Crippen molar-refractivity contribution in [1.82, 2.24) is 0 Å². The molecule has 0 amide bonds. The van der Waals surface area contributed by atoms with Gasteiger partial charge in [-0.05, 0) is 30.7 Å². The van der Waals surface area contributed by atoms with E-state index in [2.05, 4.69) is 15.9 Å². The van der Waals surface area contributed by atoms with E-state index in [1.165, 1.54) is 0 Å². The third-order valence-corrected chi connectivity index (χ3v) is 3.69. The van der Waals surface area contributed by atoms with Crippen LogP contribution < -0.4 is 10.5 Å². The predicted octanol–water partition coefficient (Wildman–Crippen LogP) is 2.55. The molecule has 0 bridgehead atoms. The first-order chi connectivity index (χ1) is 7.95. The summed E-state index contributed by atoms with van der Waals surface area (Å²) >= 11 is 3.44. The molecule has 94 valence electrons. The molecule has 0 aromatic heterocycles. The van der Waals surface area contributed by atoms with Gasteiger partial charge in [-0.25, -0.2) is 0 Å². The molecule has 1 aromatic carbocycles. The average molecular weight is 300 g/mol. The first kappa shape index (κ1) is 14.2. The molecule has 2 N–H and O–H groups in total. The largest absolute Gasteiger partial charge is 0.497 e. The molecule has 3 nitrogen and oxygen atoms in total. The highest BCUT2D eigenvalue weighted by Crippen LogP contribution is 2.24. The number of hydrogen-bond donors (Lipinski definition) is 1. The number of nitrogens with two attached hydrogens (primary N) is 1. The van der Waals surface area contributed by atoms with Gasteiger partial charge in [-0.1, -0.05) is 22.9 Å². The van der Waals surface area contributed by atoms with Gasteiger partial charge in [-0.15, -0.1) is 0 Å². The summed E-state index contributed by atoms with van der Waals surface area (Å²) in [7, 11) is 1.61. The maximum atomic E-state index is 12.0. The third-order valence-electron chi connectivity index (χ3n) is 2.91. The van der Waals surface area contributed by atoms with Crippen LogP contribution in [0.15, 0.2) is 22.7 Å². The Morgan fingerprint density at radius 3 is 2.65 bits per heavy atom. The third kappa shape index (κ3) is 3.82. The van der Waals surface area contributed by atoms with Gasteiger partial charge in [-0.2, -0.15) is 0 Å². The number of rotatable bonds is 5. The van der Waals surface area contributed by atoms with E-state index in [9.17, 15) is 4.79 Å². The van der Waals surface area contributed by atoms with Crippen molar-refractivity contribution in [1.29, 1.82) is 0 Å². The van der Waals surface area contributed by atoms with Crippen LogP contribution in [0, 0.1) is 5.92 Å². The van der Waals surface area contributed by atoms with E-state index >= 15 is 0 Å². The highest BCUT2D eigenvalue weighted by molar-refractivity contribution is 9.10. The molecular weight excluding hydrogens is 282 g/mol. The first-order valence-electron chi connectivity index (χ1n) is 5.56. The molecule has 0 aliphatic rings. The van der Waals surface area contributed by atoms with E-state index in [0.717, 1.165) is 15.8 Å². The summed E-state index contributed by atoms with van der Waals surface area (Å²) in [5.41, 5.74) is 6.66. The van der Waals surface area contributed by atoms with Crippen LogP contribution in [-0.2, 0) is 11.2 Å². The Hall–Kier alpha value is -0.870. The number of hydrogen-bond acceptors (Lipinski definition) is 3. The van der Waals surface area contributed by atoms with Crippen molar-refractivity contribution in [2.75, 3.05) is 7.11 Å². The Labute approximate surface area is 110 Å². The van der Waals surface area contributed by atoms with Crippen molar-refractivity contribution in [3.8, 4) is 5.75 Å². The molecule has 2 unspecified atom stereocenters. The molecule has 0 saturated carbocycles. The van der Waals surface area contributed by atoms with E-state index < -0.39 is 0 Å². The zero-order chi connectivity index (χ0) is 13.0. The van der Waals surface area contributed by atoms with Crippen LogP contribution in [0.25, 0.3) is 0 Å². The Morgan fingerprint density at radius 2 is 2.12 bits per heavy atom. The van der Waals surface area contributed by atoms with E-state index in [1.807, 2.05) is 32.0 Å². The first-order valence-corrected chi connectivity index (χ1v) is 6.35. The summed E-state index contributed by atoms with van der Waals surface area (Å²) < 4.78 is 6.06. The van der Waals surface area contributed by atoms with Gasteiger partial charge < -0.3 is 10.5 Å². The summed E-state index contributed by atoms with van der Waals surface area (Å²) in [5.74, 6) is 0.770. The van der Waals surface area contributed by atoms with Crippen molar-refractivity contribution in [2.24, 2.45) is 11.7 Å². The van der Waals surface area contributed by atoms with Crippen molar-refractivity contribution in [3.63, 3.8) is 0 Å². The lowest BCUT2D eigenvalue weighted by atomic mass is 9.94. The van der Waals surface area contributed by atoms with Crippen molar-refractivity contribution < 1.29 is 9.53 Å². The van der Waals surface area contributed by atoms with Crippen LogP contribution >= 0.6 is 15.9 Å². The topological polar surface area (TPSA) is 52.3 Å². The second kappa shape index (κ2) is 6.17. The summed E-state index contributed by atoms with van der Waals surface area (Å²) in [4.78, 5) is 12.0. The molecule has 1 rings (SSSR count). The number of ether oxygens (including phenoxy) is 1. The Balaban J connectivity index is 2.84. The molecule has 0 heterocycles. The maximum Gasteiger partial charge on any atom is 0.141 e. The van der Waals surface area contributed by atoms with Gasteiger partial charge in [-0.3, -0.25) is 4.79 Å². The van der Waals surface area contributed by atoms with Crippen LogP contribution in [0.2, 0.25) is 0 Å². The standard InChI is InChI=1S/C13H18BrNO2/c1-8(9(2)15)13(16)7-10-6-11(17-3)4-5-12(10)14/h4-6,8-9H,7,15H2,1-3H3. The zero-order valence-corrected chi connectivity index (χ0v) is 12.0. The van der Waals surface area contributed by atoms with E-state index in [1.54, 1.807) is 7.11 Å². The highest BCUT2D eigenvalue weighted by atomic mass is 79.9. The summed E-state index contributed by atoms with van der Waals surface area (Å²) in [5, 5.41) is 0. The Kier molecular flexibility index (Phi) is 5.15. The number of Topliss-reactive ketones (excluding diaryl/α,β-unsaturated/α-hetero) is 1. The lowest BCUT2D eigenvalue weighted by Crippen LogP contribution is -2.31. The number of halogens is 1. The zero-order valence-electron chi connectivity index (χ0n) is 10.4. The number of carbonyl (C=O) groups is 1. The molecule has 1 aromatic rings. The van der Waals surface area contributed by atoms with Crippen LogP contribution in [0.4, 0.5) is 0 Å². The smallest absolute Gasteiger partial charge is 0.141 e. The van der Waals surface area contributed by atoms with Crippen molar-refractivity contribution >= 4 is 21.7 Å². The fourth-order valence-electron chi connectivity index (χ4n) is 1.46. The number of benzene rings is 1. The molecule has 2 atom stereocenters. The minimum atomic E-state index is -0.131. The summed E-state index contributed by atoms with van der Waals surface area (Å²) in [6.07, 6.45) is 0.375. The lowest BCUT2D eigenvalue weighted by Gasteiger charge is -2.15. The predicted molar refractivity (Wildman–Crippen MR) is 72.2 cm³/mol. The van der Waals surface area contributed by atoms with Gasteiger partial charge >= 0.3 is 0 Å². The van der Waals surface area contributed by atoms with E-state index in [0.29, 0.717) is 6.42 Å². The Morgan fingerprint density at radius 1 is 1.47 bits per heavy atom. The molecule has 4 heteroatoms. The Bertz CT molecular complexity index is 404. The van der Waals surface area contributed by atoms with Crippen molar-refractivity contribution in [3.05, 3.63) is 28.2 Å². The monoisotopic (exact) mass is 299 g/mol. The summed E-state index contributed by atoms with van der Waals surface area (Å²) in [6, 6.07) is 5.49. The second-order valence-electron chi connectivity index (χ2n) is 4.25. The lowest BCUT2D eigenvalue weighted by molar-refractivity contribution is -0.122. The van der Waals surface area contributed by atoms with Gasteiger partial charge in [0, 0.05) is 22.9 Å². The number of carbonyl (C=O) groups excluding carboxylic acids is 1. The minimum Gasteiger partial charge on any atom is -0.497 e. The number of methoxy groups -OCH3 is 1. The molecule has 17 heavy (non-hydrogen) atoms. The second-order valence-corrected chi connectivity index (χ2v) is 5.10. The fourth-order valence-corrected chi connectivity index (χ4v) is 1.84. The van der Waals surface area contributed by atoms with E-state index in [-0.39, 0.29) is 17.7 Å². The normalized spacial score (nSPS) is 14.2. The SMILES string of the molecule is COc1ccc(Br)c(CC(=O)C(C)C(C)N)c1. The van der Waals surface area contributed by atoms with Crippen molar-refractivity contribution in [2.45, 2.75) is 26.3 Å². The molecule has 0 saturated heterocycles. The van der Waals surface area contributed by atoms with Crippen LogP contribution in [0.3, 0.4) is 0 Å². The molecule has 0 fully saturated rings. The van der Waals surface area contributed by atoms with Crippen LogP contribution in [0.1, 0.15) is 19.4 Å². The molecule has 0 aliphatic heterocycles. The van der Waals surface area contributed by atoms with Gasteiger partial charge in [0.15, 0.2) is 0 Å². The molecular formula is C13H18BrNO2. The number of ketones is 1. The van der Waals surface area contributed by atoms with Gasteiger partial charge in [0.05, 0.1) is 7.11 Å². The highest BCUT2D eigenvalue weighted by Gasteiger charge is 2.18.